The summed E-state index contributed by atoms with van der Waals surface area (Å²) in [6, 6.07) is 0. The molecule has 52 heteroatoms. The minimum Gasteiger partial charge on any atom is -0.665 e. The molecule has 0 saturated carbocycles. The third-order valence-electron chi connectivity index (χ3n) is 11.8. The van der Waals surface area contributed by atoms with E-state index in [1.165, 1.54) is 28.2 Å². The molecule has 40 nitrogen and oxygen atoms in total. The fourth-order valence-corrected chi connectivity index (χ4v) is 7.12. The summed E-state index contributed by atoms with van der Waals surface area (Å²) in [7, 11) is 4.87. The third-order valence-corrected chi connectivity index (χ3v) is 11.8. The first-order valence-corrected chi connectivity index (χ1v) is 18.9. The third kappa shape index (κ3) is 17.2. The van der Waals surface area contributed by atoms with E-state index in [0.29, 0.717) is 12.9 Å². The average Bonchev–Trinajstić information content (AvgIpc) is 3.34. The van der Waals surface area contributed by atoms with Crippen LogP contribution in [-0.2, 0) is 517 Å². The van der Waals surface area contributed by atoms with Gasteiger partial charge in [0.15, 0.2) is 0 Å². The maximum absolute atomic E-state index is 11.0. The van der Waals surface area contributed by atoms with Crippen molar-refractivity contribution < 1.29 is 527 Å². The molecule has 0 unspecified atom stereocenters. The van der Waals surface area contributed by atoms with Crippen LogP contribution < -0.4 is 0 Å². The van der Waals surface area contributed by atoms with E-state index in [2.05, 4.69) is 42.5 Å². The summed E-state index contributed by atoms with van der Waals surface area (Å²) in [6.07, 6.45) is 0. The van der Waals surface area contributed by atoms with Crippen molar-refractivity contribution in [3.63, 3.8) is 0 Å². The van der Waals surface area contributed by atoms with Crippen LogP contribution in [0.2, 0.25) is 0 Å². The van der Waals surface area contributed by atoms with Gasteiger partial charge in [0.25, 0.3) is 47.3 Å². The zero-order valence-electron chi connectivity index (χ0n) is 47.8. The van der Waals surface area contributed by atoms with Gasteiger partial charge in [-0.15, -0.1) is 0 Å². The second-order valence-electron chi connectivity index (χ2n) is 15.1. The molecule has 6 spiro atoms. The zero-order chi connectivity index (χ0) is 58.2. The molecule has 12 rings (SSSR count). The Kier molecular flexibility index (Phi) is 59.2. The van der Waals surface area contributed by atoms with Crippen molar-refractivity contribution in [3.8, 4) is 0 Å². The van der Waals surface area contributed by atoms with Crippen molar-refractivity contribution in [2.24, 2.45) is 32.5 Å². The molecule has 2 N–H and O–H groups in total. The number of rotatable bonds is 0. The minimum atomic E-state index is -2.11. The number of likely N-dealkylation sites (tertiary alicyclic amines) is 4. The number of hydrogen-bond donors (Lipinski definition) is 2. The first-order chi connectivity index (χ1) is 35.1. The summed E-state index contributed by atoms with van der Waals surface area (Å²) in [6.45, 7) is 1.00. The van der Waals surface area contributed by atoms with Gasteiger partial charge in [0, 0.05) is 355 Å². The van der Waals surface area contributed by atoms with Gasteiger partial charge in [-0.05, 0) is 0 Å². The monoisotopic (exact) mass is 2190 g/mol. The van der Waals surface area contributed by atoms with E-state index in [1.54, 1.807) is 0 Å². The first-order valence-electron chi connectivity index (χ1n) is 18.9. The molecule has 92 heavy (non-hydrogen) atoms. The fraction of sp³-hybridized carbons (Fsp3) is 0.250. The molecule has 24 amide bonds. The van der Waals surface area contributed by atoms with Crippen LogP contribution in [0.4, 0.5) is 0 Å². The number of nitrogens with zero attached hydrogens (tertiary/aromatic N) is 12. The second kappa shape index (κ2) is 45.1. The van der Waals surface area contributed by atoms with E-state index in [0.717, 1.165) is 19.6 Å². The summed E-state index contributed by atoms with van der Waals surface area (Å²) in [4.78, 5) is 278. The molecule has 12 aliphatic rings. The Morgan fingerprint density at radius 3 is 0.326 bits per heavy atom. The first kappa shape index (κ1) is 121. The molecule has 0 aromatic heterocycles. The maximum Gasteiger partial charge on any atom is 3.00 e. The van der Waals surface area contributed by atoms with Gasteiger partial charge in [-0.3, -0.25) is 58.0 Å². The molecule has 0 aliphatic carbocycles. The Morgan fingerprint density at radius 2 is 0.293 bits per heavy atom. The Bertz CT molecular complexity index is 2620. The van der Waals surface area contributed by atoms with Gasteiger partial charge in [-0.2, -0.15) is 0 Å². The molecule has 0 atom stereocenters. The standard InChI is InChI=1S/4C6H4N2O4.2C5H2N2O4.2CHO2.4CH3.12Y/c4*1-8-4(11)6(5(8)12)2(9)7-3(6)10;2*8-1-5(2(9)6-1)3(10)7-4(5)11;2*2-1-3;;;;;;;;;;;;;;;;/h4*1H3,(H,7,9,10);2*(H2,6,7,8,9,10,11);2*(H,2,3);4*1H3;;;;;;;;;;;;/q;;;;;;6*-1;;;;;;;;;;;2*+3/p-8. The number of amides is 24. The van der Waals surface area contributed by atoms with Crippen LogP contribution >= 0.6 is 0 Å². The summed E-state index contributed by atoms with van der Waals surface area (Å²) < 4.78 is 0. The largest absolute Gasteiger partial charge is 3.00 e. The van der Waals surface area contributed by atoms with Crippen LogP contribution in [0.5, 0.6) is 0 Å². The molecule has 0 aromatic rings. The molecule has 0 aromatic carbocycles. The van der Waals surface area contributed by atoms with Crippen molar-refractivity contribution in [1.29, 1.82) is 0 Å². The number of carbonyl (C=O) groups excluding carboxylic acids is 24. The number of carbonyl (C=O) groups is 24. The molecular formula is C40H26N12O28Y12-8. The smallest absolute Gasteiger partial charge is 0.665 e. The Balaban J connectivity index is -0.0000000793. The molecule has 12 saturated heterocycles. The number of β-lactam (4-membered cyclic amide) rings is 24. The normalized spacial score (nSPS) is 19.5. The summed E-state index contributed by atoms with van der Waals surface area (Å²) in [5, 5.41) is 36.4. The van der Waals surface area contributed by atoms with Crippen molar-refractivity contribution in [3.05, 3.63) is 72.2 Å². The van der Waals surface area contributed by atoms with E-state index in [-0.39, 0.29) is 422 Å². The average molecular weight is 2190 g/mol. The van der Waals surface area contributed by atoms with Crippen molar-refractivity contribution >= 4 is 155 Å². The quantitative estimate of drug-likeness (QED) is 0.129. The van der Waals surface area contributed by atoms with Crippen LogP contribution in [0.3, 0.4) is 0 Å². The Labute approximate surface area is 818 Å². The second-order valence-corrected chi connectivity index (χ2v) is 15.1. The van der Waals surface area contributed by atoms with Gasteiger partial charge in [-0.1, -0.05) is 12.9 Å². The van der Waals surface area contributed by atoms with E-state index in [9.17, 15) is 115 Å². The molecule has 12 fully saturated rings. The van der Waals surface area contributed by atoms with Gasteiger partial charge in [0.2, 0.25) is 21.7 Å². The van der Waals surface area contributed by atoms with Gasteiger partial charge in [-0.25, -0.2) is 0 Å². The molecule has 458 valence electrons. The SMILES string of the molecule is CN1C(=O)C2(C(=O)[N-]C2=O)C1=O.CN1C(=O)C2(C(=O)[N-]C2=O)C1=O.CN1C(=O)C2(C(=O)[N-]C2=O)C1=O.CN1C(=O)C2(C(=O)[N-]C2=O)C1=O.O=C1[N-]C(=O)C12C(=O)[N-]C2=O.O=C1[N-]C(=O)C12C(=O)[N-]C2=O.O=[C-]O.O=[C-]O.[CH3-].[CH3-].[CH3-].[CH3-].[Y+3].[Y+3].[Y].[Y].[Y].[Y].[Y].[Y].[Y].[Y].[Y].[Y]. The van der Waals surface area contributed by atoms with Crippen LogP contribution in [0.25, 0.3) is 42.5 Å². The summed E-state index contributed by atoms with van der Waals surface area (Å²) in [5.41, 5.74) is -12.4. The van der Waals surface area contributed by atoms with Crippen molar-refractivity contribution in [2.45, 2.75) is 0 Å². The van der Waals surface area contributed by atoms with Crippen LogP contribution in [0.15, 0.2) is 0 Å². The topological polar surface area (TPSA) is 610 Å². The van der Waals surface area contributed by atoms with Crippen LogP contribution in [0.1, 0.15) is 0 Å². The van der Waals surface area contributed by atoms with Crippen LogP contribution in [-0.4, -0.2) is 213 Å². The molecule has 12 heterocycles. The van der Waals surface area contributed by atoms with Gasteiger partial charge < -0.3 is 169 Å². The predicted molar refractivity (Wildman–Crippen MR) is 235 cm³/mol. The van der Waals surface area contributed by atoms with Gasteiger partial charge in [0.1, 0.15) is 10.8 Å². The van der Waals surface area contributed by atoms with Gasteiger partial charge in [0.05, 0.1) is 94.5 Å². The predicted octanol–water partition coefficient (Wildman–Crippen LogP) is -7.65. The summed E-state index contributed by atoms with van der Waals surface area (Å²) in [5.74, 6) is -21.4. The zero-order valence-corrected chi connectivity index (χ0v) is 81.9. The van der Waals surface area contributed by atoms with Crippen molar-refractivity contribution in [2.75, 3.05) is 28.2 Å². The van der Waals surface area contributed by atoms with E-state index in [1.807, 2.05) is 0 Å². The molecule has 10 radical (unpaired) electrons. The van der Waals surface area contributed by atoms with Crippen molar-refractivity contribution in [1.82, 2.24) is 19.6 Å². The van der Waals surface area contributed by atoms with Crippen LogP contribution in [0, 0.1) is 62.2 Å². The molecule has 12 aliphatic heterocycles. The van der Waals surface area contributed by atoms with E-state index < -0.39 is 174 Å². The minimum absolute atomic E-state index is 0. The number of aliphatic hydroxyl groups excluding tert-OH is 2. The number of imide groups is 12. The Morgan fingerprint density at radius 1 is 0.228 bits per heavy atom. The van der Waals surface area contributed by atoms with E-state index >= 15 is 0 Å². The molecule has 0 bridgehead atoms. The van der Waals surface area contributed by atoms with Gasteiger partial charge >= 0.3 is 65.4 Å². The Hall–Kier alpha value is 1.87. The number of hydrogen-bond acceptors (Lipinski definition) is 26. The maximum atomic E-state index is 11.0. The van der Waals surface area contributed by atoms with E-state index in [4.69, 9.17) is 19.8 Å². The molecular weight excluding hydrogens is 2160 g/mol. The summed E-state index contributed by atoms with van der Waals surface area (Å²) >= 11 is 0. The fourth-order valence-electron chi connectivity index (χ4n) is 7.12.